The molecular weight excluding hydrogens is 251 g/mol. The molecule has 1 aromatic carbocycles. The van der Waals surface area contributed by atoms with Crippen molar-refractivity contribution >= 4 is 11.6 Å². The van der Waals surface area contributed by atoms with E-state index in [1.165, 1.54) is 6.07 Å². The summed E-state index contributed by atoms with van der Waals surface area (Å²) in [6, 6.07) is 3.28. The summed E-state index contributed by atoms with van der Waals surface area (Å²) in [4.78, 5) is 23.7. The number of piperidine rings is 1. The van der Waals surface area contributed by atoms with Gasteiger partial charge >= 0.3 is 5.69 Å². The molecule has 19 heavy (non-hydrogen) atoms. The average molecular weight is 266 g/mol. The van der Waals surface area contributed by atoms with Crippen molar-refractivity contribution in [3.8, 4) is 0 Å². The van der Waals surface area contributed by atoms with Crippen molar-refractivity contribution in [2.75, 3.05) is 13.1 Å². The van der Waals surface area contributed by atoms with E-state index in [4.69, 9.17) is 0 Å². The van der Waals surface area contributed by atoms with Crippen LogP contribution in [0.3, 0.4) is 0 Å². The van der Waals surface area contributed by atoms with Crippen molar-refractivity contribution in [3.63, 3.8) is 0 Å². The number of amides is 1. The first-order valence-corrected chi connectivity index (χ1v) is 6.22. The third-order valence-electron chi connectivity index (χ3n) is 3.33. The van der Waals surface area contributed by atoms with E-state index in [0.717, 1.165) is 25.0 Å². The van der Waals surface area contributed by atoms with E-state index in [9.17, 15) is 19.3 Å². The Balaban J connectivity index is 2.24. The van der Waals surface area contributed by atoms with Crippen molar-refractivity contribution in [1.29, 1.82) is 0 Å². The molecule has 0 aromatic heterocycles. The minimum absolute atomic E-state index is 0.169. The summed E-state index contributed by atoms with van der Waals surface area (Å²) in [5.74, 6) is -0.767. The van der Waals surface area contributed by atoms with Crippen molar-refractivity contribution in [3.05, 3.63) is 39.7 Å². The van der Waals surface area contributed by atoms with E-state index >= 15 is 0 Å². The number of nitro groups is 1. The Labute approximate surface area is 110 Å². The van der Waals surface area contributed by atoms with Crippen LogP contribution in [0.1, 0.15) is 30.1 Å². The van der Waals surface area contributed by atoms with Gasteiger partial charge in [0, 0.05) is 24.7 Å². The van der Waals surface area contributed by atoms with Gasteiger partial charge in [0.05, 0.1) is 4.92 Å². The number of rotatable bonds is 2. The van der Waals surface area contributed by atoms with Gasteiger partial charge in [-0.15, -0.1) is 0 Å². The smallest absolute Gasteiger partial charge is 0.305 e. The maximum atomic E-state index is 13.2. The molecule has 1 amide bonds. The van der Waals surface area contributed by atoms with E-state index in [1.54, 1.807) is 4.90 Å². The monoisotopic (exact) mass is 266 g/mol. The third-order valence-corrected chi connectivity index (χ3v) is 3.33. The van der Waals surface area contributed by atoms with E-state index < -0.39 is 16.4 Å². The molecule has 1 saturated heterocycles. The van der Waals surface area contributed by atoms with E-state index in [-0.39, 0.29) is 11.5 Å². The highest BCUT2D eigenvalue weighted by atomic mass is 19.1. The van der Waals surface area contributed by atoms with Crippen LogP contribution in [-0.4, -0.2) is 28.8 Å². The Morgan fingerprint density at radius 1 is 1.53 bits per heavy atom. The quantitative estimate of drug-likeness (QED) is 0.610. The molecule has 102 valence electrons. The first-order valence-electron chi connectivity index (χ1n) is 6.22. The molecule has 0 saturated carbocycles. The molecule has 1 aliphatic rings. The molecule has 1 atom stereocenters. The summed E-state index contributed by atoms with van der Waals surface area (Å²) in [6.45, 7) is 3.35. The van der Waals surface area contributed by atoms with Gasteiger partial charge in [-0.25, -0.2) is 0 Å². The zero-order valence-electron chi connectivity index (χ0n) is 10.6. The highest BCUT2D eigenvalue weighted by Crippen LogP contribution is 2.22. The lowest BCUT2D eigenvalue weighted by molar-refractivity contribution is -0.387. The second-order valence-corrected chi connectivity index (χ2v) is 4.92. The van der Waals surface area contributed by atoms with Gasteiger partial charge < -0.3 is 4.90 Å². The summed E-state index contributed by atoms with van der Waals surface area (Å²) in [6.07, 6.45) is 2.00. The van der Waals surface area contributed by atoms with E-state index in [0.29, 0.717) is 19.0 Å². The summed E-state index contributed by atoms with van der Waals surface area (Å²) in [7, 11) is 0. The predicted octanol–water partition coefficient (Wildman–Crippen LogP) is 2.61. The molecule has 6 heteroatoms. The fraction of sp³-hybridized carbons (Fsp3) is 0.462. The van der Waals surface area contributed by atoms with Gasteiger partial charge in [-0.05, 0) is 30.9 Å². The summed E-state index contributed by atoms with van der Waals surface area (Å²) < 4.78 is 13.2. The van der Waals surface area contributed by atoms with Crippen LogP contribution >= 0.6 is 0 Å². The second-order valence-electron chi connectivity index (χ2n) is 4.92. The van der Waals surface area contributed by atoms with E-state index in [1.807, 2.05) is 0 Å². The van der Waals surface area contributed by atoms with Crippen LogP contribution in [0.4, 0.5) is 10.1 Å². The molecule has 1 fully saturated rings. The van der Waals surface area contributed by atoms with Gasteiger partial charge in [0.2, 0.25) is 5.82 Å². The number of benzene rings is 1. The van der Waals surface area contributed by atoms with Crippen LogP contribution in [0, 0.1) is 21.8 Å². The van der Waals surface area contributed by atoms with Gasteiger partial charge in [-0.1, -0.05) is 6.92 Å². The topological polar surface area (TPSA) is 63.5 Å². The normalized spacial score (nSPS) is 19.3. The van der Waals surface area contributed by atoms with E-state index in [2.05, 4.69) is 6.92 Å². The number of hydrogen-bond donors (Lipinski definition) is 0. The number of carbonyl (C=O) groups excluding carboxylic acids is 1. The molecule has 0 spiro atoms. The summed E-state index contributed by atoms with van der Waals surface area (Å²) >= 11 is 0. The third kappa shape index (κ3) is 2.89. The predicted molar refractivity (Wildman–Crippen MR) is 67.4 cm³/mol. The molecule has 1 unspecified atom stereocenters. The maximum absolute atomic E-state index is 13.2. The second kappa shape index (κ2) is 5.34. The van der Waals surface area contributed by atoms with Crippen LogP contribution in [0.25, 0.3) is 0 Å². The van der Waals surface area contributed by atoms with Crippen molar-refractivity contribution in [2.24, 2.45) is 5.92 Å². The Kier molecular flexibility index (Phi) is 3.78. The molecule has 0 bridgehead atoms. The van der Waals surface area contributed by atoms with Crippen LogP contribution in [0.5, 0.6) is 0 Å². The minimum Gasteiger partial charge on any atom is -0.338 e. The average Bonchev–Trinajstić information content (AvgIpc) is 2.38. The number of carbonyl (C=O) groups is 1. The molecule has 0 aliphatic carbocycles. The number of hydrogen-bond acceptors (Lipinski definition) is 3. The van der Waals surface area contributed by atoms with Crippen LogP contribution < -0.4 is 0 Å². The molecule has 2 rings (SSSR count). The molecule has 5 nitrogen and oxygen atoms in total. The lowest BCUT2D eigenvalue weighted by Crippen LogP contribution is -2.39. The maximum Gasteiger partial charge on any atom is 0.305 e. The molecule has 1 heterocycles. The SMILES string of the molecule is CC1CCCN(C(=O)c2ccc(F)c([N+](=O)[O-])c2)C1. The van der Waals surface area contributed by atoms with Crippen molar-refractivity contribution in [2.45, 2.75) is 19.8 Å². The van der Waals surface area contributed by atoms with Crippen molar-refractivity contribution < 1.29 is 14.1 Å². The van der Waals surface area contributed by atoms with Gasteiger partial charge in [0.1, 0.15) is 0 Å². The van der Waals surface area contributed by atoms with Gasteiger partial charge in [0.25, 0.3) is 5.91 Å². The van der Waals surface area contributed by atoms with Crippen LogP contribution in [-0.2, 0) is 0 Å². The van der Waals surface area contributed by atoms with Crippen LogP contribution in [0.15, 0.2) is 18.2 Å². The molecule has 1 aromatic rings. The Morgan fingerprint density at radius 2 is 2.26 bits per heavy atom. The zero-order valence-corrected chi connectivity index (χ0v) is 10.6. The minimum atomic E-state index is -0.923. The van der Waals surface area contributed by atoms with Crippen LogP contribution in [0.2, 0.25) is 0 Å². The highest BCUT2D eigenvalue weighted by molar-refractivity contribution is 5.94. The lowest BCUT2D eigenvalue weighted by atomic mass is 9.99. The molecular formula is C13H15FN2O3. The largest absolute Gasteiger partial charge is 0.338 e. The lowest BCUT2D eigenvalue weighted by Gasteiger charge is -2.30. The van der Waals surface area contributed by atoms with Crippen molar-refractivity contribution in [1.82, 2.24) is 4.90 Å². The number of nitro benzene ring substituents is 1. The molecule has 0 N–H and O–H groups in total. The summed E-state index contributed by atoms with van der Waals surface area (Å²) in [5, 5.41) is 10.7. The number of halogens is 1. The Hall–Kier alpha value is -1.98. The Bertz CT molecular complexity index is 519. The number of nitrogens with zero attached hydrogens (tertiary/aromatic N) is 2. The summed E-state index contributed by atoms with van der Waals surface area (Å²) in [5.41, 5.74) is -0.488. The first-order chi connectivity index (χ1) is 8.99. The standard InChI is InChI=1S/C13H15FN2O3/c1-9-3-2-6-15(8-9)13(17)10-4-5-11(14)12(7-10)16(18)19/h4-5,7,9H,2-3,6,8H2,1H3. The van der Waals surface area contributed by atoms with Gasteiger partial charge in [0.15, 0.2) is 0 Å². The Morgan fingerprint density at radius 3 is 2.89 bits per heavy atom. The first kappa shape index (κ1) is 13.5. The highest BCUT2D eigenvalue weighted by Gasteiger charge is 2.24. The fourth-order valence-corrected chi connectivity index (χ4v) is 2.34. The molecule has 0 radical (unpaired) electrons. The zero-order chi connectivity index (χ0) is 14.0. The fourth-order valence-electron chi connectivity index (χ4n) is 2.34. The molecule has 1 aliphatic heterocycles. The van der Waals surface area contributed by atoms with Gasteiger partial charge in [-0.3, -0.25) is 14.9 Å². The van der Waals surface area contributed by atoms with Gasteiger partial charge in [-0.2, -0.15) is 4.39 Å². The number of likely N-dealkylation sites (tertiary alicyclic amines) is 1.